The third-order valence-corrected chi connectivity index (χ3v) is 3.15. The van der Waals surface area contributed by atoms with Crippen molar-refractivity contribution < 1.29 is 4.74 Å². The van der Waals surface area contributed by atoms with E-state index in [2.05, 4.69) is 54.6 Å². The smallest absolute Gasteiger partial charge is 0.119 e. The van der Waals surface area contributed by atoms with Crippen molar-refractivity contribution >= 4 is 10.8 Å². The molecule has 3 aromatic rings. The van der Waals surface area contributed by atoms with Crippen LogP contribution in [-0.4, -0.2) is 7.11 Å². The van der Waals surface area contributed by atoms with E-state index in [9.17, 15) is 0 Å². The van der Waals surface area contributed by atoms with Crippen LogP contribution >= 0.6 is 0 Å². The van der Waals surface area contributed by atoms with Crippen LogP contribution < -0.4 is 4.74 Å². The maximum atomic E-state index is 5.27. The number of benzene rings is 3. The normalized spacial score (nSPS) is 10.5. The Hall–Kier alpha value is -2.28. The van der Waals surface area contributed by atoms with Gasteiger partial charge in [0, 0.05) is 0 Å². The summed E-state index contributed by atoms with van der Waals surface area (Å²) in [5.41, 5.74) is 2.47. The predicted molar refractivity (Wildman–Crippen MR) is 75.9 cm³/mol. The molecule has 88 valence electrons. The molecular formula is C17H14O. The number of hydrogen-bond acceptors (Lipinski definition) is 1. The number of hydrogen-bond donors (Lipinski definition) is 0. The van der Waals surface area contributed by atoms with E-state index in [1.807, 2.05) is 12.1 Å². The van der Waals surface area contributed by atoms with Crippen molar-refractivity contribution in [2.75, 3.05) is 7.11 Å². The van der Waals surface area contributed by atoms with E-state index in [0.717, 1.165) is 5.75 Å². The van der Waals surface area contributed by atoms with Crippen molar-refractivity contribution in [3.63, 3.8) is 0 Å². The maximum Gasteiger partial charge on any atom is 0.119 e. The van der Waals surface area contributed by atoms with Crippen molar-refractivity contribution in [3.8, 4) is 16.9 Å². The molecular weight excluding hydrogens is 220 g/mol. The summed E-state index contributed by atoms with van der Waals surface area (Å²) >= 11 is 0. The lowest BCUT2D eigenvalue weighted by Crippen LogP contribution is -1.83. The van der Waals surface area contributed by atoms with Gasteiger partial charge in [0.2, 0.25) is 0 Å². The molecule has 0 bridgehead atoms. The lowest BCUT2D eigenvalue weighted by atomic mass is 10.0. The zero-order valence-electron chi connectivity index (χ0n) is 10.3. The Kier molecular flexibility index (Phi) is 2.73. The molecule has 0 N–H and O–H groups in total. The van der Waals surface area contributed by atoms with Crippen molar-refractivity contribution in [1.29, 1.82) is 0 Å². The highest BCUT2D eigenvalue weighted by Gasteiger charge is 2.00. The molecule has 3 aromatic carbocycles. The average molecular weight is 234 g/mol. The fourth-order valence-electron chi connectivity index (χ4n) is 2.16. The largest absolute Gasteiger partial charge is 0.497 e. The molecule has 0 amide bonds. The molecule has 18 heavy (non-hydrogen) atoms. The minimum Gasteiger partial charge on any atom is -0.497 e. The fraction of sp³-hybridized carbons (Fsp3) is 0.0588. The van der Waals surface area contributed by atoms with E-state index < -0.39 is 0 Å². The van der Waals surface area contributed by atoms with Crippen molar-refractivity contribution in [2.45, 2.75) is 0 Å². The second-order valence-corrected chi connectivity index (χ2v) is 4.29. The molecule has 0 fully saturated rings. The van der Waals surface area contributed by atoms with E-state index in [-0.39, 0.29) is 0 Å². The Morgan fingerprint density at radius 2 is 1.44 bits per heavy atom. The van der Waals surface area contributed by atoms with Gasteiger partial charge in [0.1, 0.15) is 5.75 Å². The summed E-state index contributed by atoms with van der Waals surface area (Å²) in [6.45, 7) is 0. The van der Waals surface area contributed by atoms with E-state index in [1.165, 1.54) is 21.9 Å². The van der Waals surface area contributed by atoms with Gasteiger partial charge < -0.3 is 4.74 Å². The van der Waals surface area contributed by atoms with Crippen LogP contribution in [0.2, 0.25) is 0 Å². The second kappa shape index (κ2) is 4.53. The van der Waals surface area contributed by atoms with Gasteiger partial charge in [-0.15, -0.1) is 0 Å². The lowest BCUT2D eigenvalue weighted by Gasteiger charge is -2.06. The molecule has 0 aromatic heterocycles. The molecule has 0 aliphatic rings. The van der Waals surface area contributed by atoms with Crippen LogP contribution in [0.3, 0.4) is 0 Å². The first-order valence-corrected chi connectivity index (χ1v) is 6.00. The summed E-state index contributed by atoms with van der Waals surface area (Å²) in [5.74, 6) is 0.896. The Morgan fingerprint density at radius 1 is 0.667 bits per heavy atom. The van der Waals surface area contributed by atoms with Crippen LogP contribution in [0.1, 0.15) is 0 Å². The highest BCUT2D eigenvalue weighted by Crippen LogP contribution is 2.26. The Balaban J connectivity index is 2.15. The Morgan fingerprint density at radius 3 is 2.22 bits per heavy atom. The van der Waals surface area contributed by atoms with Crippen molar-refractivity contribution in [1.82, 2.24) is 0 Å². The zero-order valence-corrected chi connectivity index (χ0v) is 10.3. The third kappa shape index (κ3) is 1.95. The molecule has 0 unspecified atom stereocenters. The second-order valence-electron chi connectivity index (χ2n) is 4.29. The molecule has 1 heteroatoms. The summed E-state index contributed by atoms with van der Waals surface area (Å²) in [6.07, 6.45) is 0. The molecule has 0 heterocycles. The molecule has 0 saturated carbocycles. The van der Waals surface area contributed by atoms with Gasteiger partial charge in [-0.2, -0.15) is 0 Å². The van der Waals surface area contributed by atoms with E-state index in [1.54, 1.807) is 7.11 Å². The number of fused-ring (bicyclic) bond motifs is 1. The van der Waals surface area contributed by atoms with Crippen LogP contribution in [-0.2, 0) is 0 Å². The summed E-state index contributed by atoms with van der Waals surface area (Å²) in [5, 5.41) is 2.44. The SMILES string of the molecule is COc1ccc2ccc(-c3ccccc3)cc2c1. The molecule has 0 atom stereocenters. The first-order chi connectivity index (χ1) is 8.86. The van der Waals surface area contributed by atoms with Crippen LogP contribution in [0.25, 0.3) is 21.9 Å². The van der Waals surface area contributed by atoms with Gasteiger partial charge >= 0.3 is 0 Å². The van der Waals surface area contributed by atoms with Crippen LogP contribution in [0, 0.1) is 0 Å². The van der Waals surface area contributed by atoms with Crippen LogP contribution in [0.15, 0.2) is 66.7 Å². The summed E-state index contributed by atoms with van der Waals surface area (Å²) in [6, 6.07) is 23.1. The van der Waals surface area contributed by atoms with Crippen LogP contribution in [0.5, 0.6) is 5.75 Å². The van der Waals surface area contributed by atoms with Gasteiger partial charge in [-0.3, -0.25) is 0 Å². The first kappa shape index (κ1) is 10.8. The van der Waals surface area contributed by atoms with Crippen molar-refractivity contribution in [2.24, 2.45) is 0 Å². The van der Waals surface area contributed by atoms with Crippen molar-refractivity contribution in [3.05, 3.63) is 66.7 Å². The predicted octanol–water partition coefficient (Wildman–Crippen LogP) is 4.52. The van der Waals surface area contributed by atoms with Gasteiger partial charge in [-0.25, -0.2) is 0 Å². The lowest BCUT2D eigenvalue weighted by molar-refractivity contribution is 0.415. The molecule has 3 rings (SSSR count). The molecule has 0 aliphatic carbocycles. The molecule has 0 radical (unpaired) electrons. The number of rotatable bonds is 2. The topological polar surface area (TPSA) is 9.23 Å². The summed E-state index contributed by atoms with van der Waals surface area (Å²) in [7, 11) is 1.70. The first-order valence-electron chi connectivity index (χ1n) is 6.00. The minimum absolute atomic E-state index is 0.896. The fourth-order valence-corrected chi connectivity index (χ4v) is 2.16. The molecule has 0 aliphatic heterocycles. The standard InChI is InChI=1S/C17H14O/c1-18-17-10-9-14-7-8-15(11-16(14)12-17)13-5-3-2-4-6-13/h2-12H,1H3. The highest BCUT2D eigenvalue weighted by atomic mass is 16.5. The highest BCUT2D eigenvalue weighted by molar-refractivity contribution is 5.88. The summed E-state index contributed by atoms with van der Waals surface area (Å²) < 4.78 is 5.27. The monoisotopic (exact) mass is 234 g/mol. The minimum atomic E-state index is 0.896. The van der Waals surface area contributed by atoms with Gasteiger partial charge in [0.15, 0.2) is 0 Å². The molecule has 1 nitrogen and oxygen atoms in total. The van der Waals surface area contributed by atoms with Gasteiger partial charge in [-0.05, 0) is 40.1 Å². The quantitative estimate of drug-likeness (QED) is 0.633. The zero-order chi connectivity index (χ0) is 12.4. The van der Waals surface area contributed by atoms with Gasteiger partial charge in [-0.1, -0.05) is 48.5 Å². The average Bonchev–Trinajstić information content (AvgIpc) is 2.47. The number of methoxy groups -OCH3 is 1. The van der Waals surface area contributed by atoms with E-state index in [4.69, 9.17) is 4.74 Å². The summed E-state index contributed by atoms with van der Waals surface area (Å²) in [4.78, 5) is 0. The van der Waals surface area contributed by atoms with E-state index >= 15 is 0 Å². The van der Waals surface area contributed by atoms with Crippen LogP contribution in [0.4, 0.5) is 0 Å². The molecule has 0 spiro atoms. The molecule has 0 saturated heterocycles. The van der Waals surface area contributed by atoms with Gasteiger partial charge in [0.05, 0.1) is 7.11 Å². The third-order valence-electron chi connectivity index (χ3n) is 3.15. The Labute approximate surface area is 107 Å². The Bertz CT molecular complexity index is 672. The van der Waals surface area contributed by atoms with Gasteiger partial charge in [0.25, 0.3) is 0 Å². The number of ether oxygens (including phenoxy) is 1. The van der Waals surface area contributed by atoms with E-state index in [0.29, 0.717) is 0 Å². The maximum absolute atomic E-state index is 5.27.